The second-order valence-electron chi connectivity index (χ2n) is 5.61. The van der Waals surface area contributed by atoms with Gasteiger partial charge in [0.15, 0.2) is 0 Å². The Morgan fingerprint density at radius 1 is 1.20 bits per heavy atom. The lowest BCUT2D eigenvalue weighted by atomic mass is 10.1. The first-order chi connectivity index (χ1) is 9.86. The van der Waals surface area contributed by atoms with E-state index in [4.69, 9.17) is 4.98 Å². The lowest BCUT2D eigenvalue weighted by molar-refractivity contribution is 0.481. The van der Waals surface area contributed by atoms with Crippen LogP contribution in [0.3, 0.4) is 0 Å². The summed E-state index contributed by atoms with van der Waals surface area (Å²) in [6, 6.07) is 13.3. The van der Waals surface area contributed by atoms with Crippen LogP contribution < -0.4 is 10.2 Å². The van der Waals surface area contributed by atoms with Crippen LogP contribution in [-0.2, 0) is 0 Å². The highest BCUT2D eigenvalue weighted by Crippen LogP contribution is 2.34. The van der Waals surface area contributed by atoms with Gasteiger partial charge in [-0.1, -0.05) is 18.2 Å². The number of pyridine rings is 1. The van der Waals surface area contributed by atoms with Gasteiger partial charge in [-0.2, -0.15) is 5.26 Å². The lowest BCUT2D eigenvalue weighted by Gasteiger charge is -2.36. The average molecular weight is 264 g/mol. The van der Waals surface area contributed by atoms with E-state index in [-0.39, 0.29) is 0 Å². The van der Waals surface area contributed by atoms with E-state index in [2.05, 4.69) is 16.3 Å². The van der Waals surface area contributed by atoms with Crippen LogP contribution in [0.15, 0.2) is 30.3 Å². The van der Waals surface area contributed by atoms with Crippen molar-refractivity contribution in [3.63, 3.8) is 0 Å². The Hall–Kier alpha value is -2.12. The van der Waals surface area contributed by atoms with Crippen LogP contribution in [0.5, 0.6) is 0 Å². The van der Waals surface area contributed by atoms with Gasteiger partial charge in [0, 0.05) is 30.6 Å². The topological polar surface area (TPSA) is 52.0 Å². The zero-order chi connectivity index (χ0) is 13.5. The van der Waals surface area contributed by atoms with Gasteiger partial charge in [-0.05, 0) is 25.0 Å². The van der Waals surface area contributed by atoms with Crippen LogP contribution in [0.25, 0.3) is 10.9 Å². The molecule has 0 aliphatic carbocycles. The summed E-state index contributed by atoms with van der Waals surface area (Å²) in [4.78, 5) is 7.16. The zero-order valence-corrected chi connectivity index (χ0v) is 11.2. The molecular weight excluding hydrogens is 248 g/mol. The molecule has 4 heteroatoms. The number of hydrogen-bond acceptors (Lipinski definition) is 4. The molecule has 2 unspecified atom stereocenters. The van der Waals surface area contributed by atoms with Crippen molar-refractivity contribution in [2.75, 3.05) is 18.0 Å². The van der Waals surface area contributed by atoms with Crippen LogP contribution in [0.2, 0.25) is 0 Å². The number of anilines is 1. The minimum absolute atomic E-state index is 0.481. The fourth-order valence-corrected chi connectivity index (χ4v) is 3.51. The number of benzene rings is 1. The van der Waals surface area contributed by atoms with Crippen molar-refractivity contribution >= 4 is 16.7 Å². The molecule has 20 heavy (non-hydrogen) atoms. The van der Waals surface area contributed by atoms with Crippen molar-refractivity contribution in [2.45, 2.75) is 24.9 Å². The Bertz CT molecular complexity index is 687. The van der Waals surface area contributed by atoms with Gasteiger partial charge in [0.25, 0.3) is 0 Å². The van der Waals surface area contributed by atoms with Gasteiger partial charge in [-0.25, -0.2) is 4.98 Å². The standard InChI is InChI=1S/C16H16N4/c17-8-12-7-11-3-1-2-4-15(11)19-16(12)20-13-5-6-14(20)10-18-9-13/h1-4,7,13-14,18H,5-6,9-10H2. The molecule has 1 N–H and O–H groups in total. The number of fused-ring (bicyclic) bond motifs is 3. The molecule has 0 spiro atoms. The van der Waals surface area contributed by atoms with E-state index >= 15 is 0 Å². The first kappa shape index (κ1) is 11.7. The second kappa shape index (κ2) is 4.46. The van der Waals surface area contributed by atoms with Crippen LogP contribution in [-0.4, -0.2) is 30.2 Å². The molecule has 2 fully saturated rings. The van der Waals surface area contributed by atoms with E-state index < -0.39 is 0 Å². The quantitative estimate of drug-likeness (QED) is 0.856. The number of para-hydroxylation sites is 1. The largest absolute Gasteiger partial charge is 0.347 e. The van der Waals surface area contributed by atoms with Crippen molar-refractivity contribution < 1.29 is 0 Å². The third-order valence-corrected chi connectivity index (χ3v) is 4.45. The highest BCUT2D eigenvalue weighted by atomic mass is 15.3. The maximum absolute atomic E-state index is 9.47. The number of nitrogens with one attached hydrogen (secondary N) is 1. The zero-order valence-electron chi connectivity index (χ0n) is 11.2. The summed E-state index contributed by atoms with van der Waals surface area (Å²) in [6.45, 7) is 1.99. The number of aromatic nitrogens is 1. The van der Waals surface area contributed by atoms with Crippen molar-refractivity contribution in [1.29, 1.82) is 5.26 Å². The predicted octanol–water partition coefficient (Wildman–Crippen LogP) is 2.05. The Morgan fingerprint density at radius 3 is 2.70 bits per heavy atom. The Morgan fingerprint density at radius 2 is 1.95 bits per heavy atom. The smallest absolute Gasteiger partial charge is 0.147 e. The van der Waals surface area contributed by atoms with Crippen LogP contribution in [0.4, 0.5) is 5.82 Å². The first-order valence-corrected chi connectivity index (χ1v) is 7.16. The number of nitriles is 1. The maximum atomic E-state index is 9.47. The molecular formula is C16H16N4. The van der Waals surface area contributed by atoms with E-state index in [0.717, 1.165) is 29.8 Å². The highest BCUT2D eigenvalue weighted by Gasteiger charge is 2.38. The summed E-state index contributed by atoms with van der Waals surface area (Å²) in [5, 5.41) is 14.0. The SMILES string of the molecule is N#Cc1cc2ccccc2nc1N1C2CCC1CNC2. The summed E-state index contributed by atoms with van der Waals surface area (Å²) in [5.41, 5.74) is 1.67. The normalized spacial score (nSPS) is 24.9. The third kappa shape index (κ3) is 1.67. The fraction of sp³-hybridized carbons (Fsp3) is 0.375. The van der Waals surface area contributed by atoms with Crippen molar-refractivity contribution in [3.05, 3.63) is 35.9 Å². The predicted molar refractivity (Wildman–Crippen MR) is 78.6 cm³/mol. The van der Waals surface area contributed by atoms with E-state index in [0.29, 0.717) is 17.6 Å². The van der Waals surface area contributed by atoms with E-state index in [1.807, 2.05) is 30.3 Å². The lowest BCUT2D eigenvalue weighted by Crippen LogP contribution is -2.52. The van der Waals surface area contributed by atoms with Crippen LogP contribution in [0.1, 0.15) is 18.4 Å². The van der Waals surface area contributed by atoms with Gasteiger partial charge in [-0.15, -0.1) is 0 Å². The molecule has 4 rings (SSSR count). The van der Waals surface area contributed by atoms with Crippen LogP contribution >= 0.6 is 0 Å². The highest BCUT2D eigenvalue weighted by molar-refractivity contribution is 5.83. The third-order valence-electron chi connectivity index (χ3n) is 4.45. The molecule has 0 amide bonds. The van der Waals surface area contributed by atoms with Crippen LogP contribution in [0, 0.1) is 11.3 Å². The fourth-order valence-electron chi connectivity index (χ4n) is 3.51. The van der Waals surface area contributed by atoms with E-state index in [9.17, 15) is 5.26 Å². The first-order valence-electron chi connectivity index (χ1n) is 7.16. The molecule has 1 aromatic carbocycles. The molecule has 0 saturated carbocycles. The van der Waals surface area contributed by atoms with Gasteiger partial charge in [0.05, 0.1) is 11.1 Å². The van der Waals surface area contributed by atoms with Gasteiger partial charge in [0.2, 0.25) is 0 Å². The molecule has 0 radical (unpaired) electrons. The summed E-state index contributed by atoms with van der Waals surface area (Å²) in [6.07, 6.45) is 2.38. The summed E-state index contributed by atoms with van der Waals surface area (Å²) >= 11 is 0. The number of nitrogens with zero attached hydrogens (tertiary/aromatic N) is 3. The Balaban J connectivity index is 1.88. The average Bonchev–Trinajstić information content (AvgIpc) is 2.74. The molecule has 3 heterocycles. The summed E-state index contributed by atoms with van der Waals surface area (Å²) in [5.74, 6) is 0.875. The molecule has 2 aliphatic rings. The van der Waals surface area contributed by atoms with Gasteiger partial charge in [-0.3, -0.25) is 0 Å². The Labute approximate surface area is 118 Å². The number of hydrogen-bond donors (Lipinski definition) is 1. The Kier molecular flexibility index (Phi) is 2.61. The molecule has 2 aromatic rings. The molecule has 100 valence electrons. The van der Waals surface area contributed by atoms with Crippen molar-refractivity contribution in [1.82, 2.24) is 10.3 Å². The van der Waals surface area contributed by atoms with Gasteiger partial charge < -0.3 is 10.2 Å². The van der Waals surface area contributed by atoms with E-state index in [1.54, 1.807) is 0 Å². The molecule has 2 saturated heterocycles. The molecule has 1 aromatic heterocycles. The summed E-state index contributed by atoms with van der Waals surface area (Å²) in [7, 11) is 0. The number of rotatable bonds is 1. The number of piperazine rings is 1. The molecule has 2 atom stereocenters. The summed E-state index contributed by atoms with van der Waals surface area (Å²) < 4.78 is 0. The monoisotopic (exact) mass is 264 g/mol. The molecule has 2 aliphatic heterocycles. The van der Waals surface area contributed by atoms with Gasteiger partial charge in [0.1, 0.15) is 11.9 Å². The van der Waals surface area contributed by atoms with E-state index in [1.165, 1.54) is 12.8 Å². The van der Waals surface area contributed by atoms with Crippen molar-refractivity contribution in [3.8, 4) is 6.07 Å². The van der Waals surface area contributed by atoms with Gasteiger partial charge >= 0.3 is 0 Å². The minimum atomic E-state index is 0.481. The maximum Gasteiger partial charge on any atom is 0.147 e. The molecule has 2 bridgehead atoms. The minimum Gasteiger partial charge on any atom is -0.347 e. The van der Waals surface area contributed by atoms with Crippen molar-refractivity contribution in [2.24, 2.45) is 0 Å². The second-order valence-corrected chi connectivity index (χ2v) is 5.61. The molecule has 4 nitrogen and oxygen atoms in total.